The van der Waals surface area contributed by atoms with Gasteiger partial charge in [-0.3, -0.25) is 0 Å². The van der Waals surface area contributed by atoms with E-state index in [1.165, 1.54) is 6.07 Å². The second kappa shape index (κ2) is 7.69. The maximum atomic E-state index is 13.1. The molecule has 2 aromatic carbocycles. The first-order chi connectivity index (χ1) is 11.0. The number of rotatable bonds is 5. The van der Waals surface area contributed by atoms with E-state index in [1.54, 1.807) is 6.07 Å². The smallest absolute Gasteiger partial charge is 0.319 e. The largest absolute Gasteiger partial charge is 0.387 e. The summed E-state index contributed by atoms with van der Waals surface area (Å²) in [6.45, 7) is 1.89. The Labute approximate surface area is 133 Å². The van der Waals surface area contributed by atoms with Gasteiger partial charge in [0.2, 0.25) is 0 Å². The predicted molar refractivity (Wildman–Crippen MR) is 84.2 cm³/mol. The number of hydrogen-bond acceptors (Lipinski definition) is 2. The standard InChI is InChI=1S/C17H18F2N2O2/c1-2-11-4-3-5-13(8-11)21-17(23)20-10-16(22)12-6-7-14(18)15(19)9-12/h3-9,16,22H,2,10H2,1H3,(H2,20,21,23)/t16-/m1/s1. The Morgan fingerprint density at radius 3 is 2.65 bits per heavy atom. The molecule has 0 aliphatic carbocycles. The normalized spacial score (nSPS) is 11.8. The average molecular weight is 320 g/mol. The molecular weight excluding hydrogens is 302 g/mol. The van der Waals surface area contributed by atoms with E-state index >= 15 is 0 Å². The molecule has 0 saturated heterocycles. The lowest BCUT2D eigenvalue weighted by Gasteiger charge is -2.13. The van der Waals surface area contributed by atoms with Crippen LogP contribution in [0.2, 0.25) is 0 Å². The highest BCUT2D eigenvalue weighted by Gasteiger charge is 2.12. The van der Waals surface area contributed by atoms with Crippen LogP contribution in [0.4, 0.5) is 19.3 Å². The van der Waals surface area contributed by atoms with Crippen LogP contribution >= 0.6 is 0 Å². The molecule has 2 aromatic rings. The molecule has 0 aliphatic rings. The van der Waals surface area contributed by atoms with E-state index in [1.807, 2.05) is 25.1 Å². The summed E-state index contributed by atoms with van der Waals surface area (Å²) in [7, 11) is 0. The molecule has 23 heavy (non-hydrogen) atoms. The van der Waals surface area contributed by atoms with Crippen molar-refractivity contribution in [3.8, 4) is 0 Å². The molecule has 0 heterocycles. The molecule has 6 heteroatoms. The maximum absolute atomic E-state index is 13.1. The fourth-order valence-corrected chi connectivity index (χ4v) is 2.07. The van der Waals surface area contributed by atoms with Crippen LogP contribution in [0.25, 0.3) is 0 Å². The van der Waals surface area contributed by atoms with Crippen molar-refractivity contribution in [2.45, 2.75) is 19.4 Å². The molecule has 0 bridgehead atoms. The van der Waals surface area contributed by atoms with Crippen LogP contribution < -0.4 is 10.6 Å². The zero-order chi connectivity index (χ0) is 16.8. The molecular formula is C17H18F2N2O2. The highest BCUT2D eigenvalue weighted by Crippen LogP contribution is 2.16. The van der Waals surface area contributed by atoms with E-state index < -0.39 is 23.8 Å². The minimum absolute atomic E-state index is 0.121. The quantitative estimate of drug-likeness (QED) is 0.791. The number of aryl methyl sites for hydroxylation is 1. The molecule has 0 radical (unpaired) electrons. The van der Waals surface area contributed by atoms with Crippen LogP contribution in [0.1, 0.15) is 24.2 Å². The van der Waals surface area contributed by atoms with E-state index in [0.29, 0.717) is 5.69 Å². The highest BCUT2D eigenvalue weighted by atomic mass is 19.2. The van der Waals surface area contributed by atoms with Crippen molar-refractivity contribution in [1.29, 1.82) is 0 Å². The van der Waals surface area contributed by atoms with Gasteiger partial charge in [0.15, 0.2) is 11.6 Å². The topological polar surface area (TPSA) is 61.4 Å². The second-order valence-corrected chi connectivity index (χ2v) is 5.08. The van der Waals surface area contributed by atoms with E-state index in [-0.39, 0.29) is 12.1 Å². The number of urea groups is 1. The van der Waals surface area contributed by atoms with E-state index in [9.17, 15) is 18.7 Å². The number of hydrogen-bond donors (Lipinski definition) is 3. The first-order valence-electron chi connectivity index (χ1n) is 7.26. The monoisotopic (exact) mass is 320 g/mol. The van der Waals surface area contributed by atoms with Crippen LogP contribution in [-0.2, 0) is 6.42 Å². The maximum Gasteiger partial charge on any atom is 0.319 e. The van der Waals surface area contributed by atoms with Crippen LogP contribution in [-0.4, -0.2) is 17.7 Å². The minimum Gasteiger partial charge on any atom is -0.387 e. The number of aliphatic hydroxyl groups excluding tert-OH is 1. The number of carbonyl (C=O) groups is 1. The number of benzene rings is 2. The van der Waals surface area contributed by atoms with E-state index in [2.05, 4.69) is 10.6 Å². The lowest BCUT2D eigenvalue weighted by molar-refractivity contribution is 0.174. The molecule has 0 unspecified atom stereocenters. The Kier molecular flexibility index (Phi) is 5.65. The van der Waals surface area contributed by atoms with Gasteiger partial charge in [0.1, 0.15) is 0 Å². The van der Waals surface area contributed by atoms with Gasteiger partial charge < -0.3 is 15.7 Å². The molecule has 0 fully saturated rings. The Morgan fingerprint density at radius 1 is 1.17 bits per heavy atom. The van der Waals surface area contributed by atoms with Crippen LogP contribution in [0.15, 0.2) is 42.5 Å². The highest BCUT2D eigenvalue weighted by molar-refractivity contribution is 5.89. The molecule has 122 valence electrons. The Hall–Kier alpha value is -2.47. The third kappa shape index (κ3) is 4.75. The Morgan fingerprint density at radius 2 is 1.96 bits per heavy atom. The minimum atomic E-state index is -1.13. The summed E-state index contributed by atoms with van der Waals surface area (Å²) in [5.41, 5.74) is 1.92. The van der Waals surface area contributed by atoms with Crippen molar-refractivity contribution in [2.75, 3.05) is 11.9 Å². The van der Waals surface area contributed by atoms with Gasteiger partial charge in [0.25, 0.3) is 0 Å². The molecule has 1 atom stereocenters. The molecule has 2 rings (SSSR count). The first kappa shape index (κ1) is 16.9. The van der Waals surface area contributed by atoms with Crippen molar-refractivity contribution in [2.24, 2.45) is 0 Å². The fourth-order valence-electron chi connectivity index (χ4n) is 2.07. The predicted octanol–water partition coefficient (Wildman–Crippen LogP) is 3.38. The number of nitrogens with one attached hydrogen (secondary N) is 2. The van der Waals surface area contributed by atoms with Gasteiger partial charge in [-0.1, -0.05) is 25.1 Å². The van der Waals surface area contributed by atoms with E-state index in [0.717, 1.165) is 24.1 Å². The molecule has 0 aromatic heterocycles. The summed E-state index contributed by atoms with van der Waals surface area (Å²) < 4.78 is 26.0. The van der Waals surface area contributed by atoms with Crippen LogP contribution in [0.5, 0.6) is 0 Å². The van der Waals surface area contributed by atoms with Gasteiger partial charge in [0.05, 0.1) is 6.10 Å². The number of carbonyl (C=O) groups excluding carboxylic acids is 1. The van der Waals surface area contributed by atoms with Gasteiger partial charge in [-0.05, 0) is 41.8 Å². The zero-order valence-electron chi connectivity index (χ0n) is 12.6. The number of aliphatic hydroxyl groups is 1. The van der Waals surface area contributed by atoms with Gasteiger partial charge in [-0.25, -0.2) is 13.6 Å². The summed E-state index contributed by atoms with van der Waals surface area (Å²) >= 11 is 0. The van der Waals surface area contributed by atoms with Gasteiger partial charge in [0, 0.05) is 12.2 Å². The Bertz CT molecular complexity index is 692. The third-order valence-corrected chi connectivity index (χ3v) is 3.38. The number of anilines is 1. The van der Waals surface area contributed by atoms with Crippen LogP contribution in [0, 0.1) is 11.6 Å². The molecule has 0 spiro atoms. The number of amides is 2. The average Bonchev–Trinajstić information content (AvgIpc) is 2.55. The van der Waals surface area contributed by atoms with Crippen molar-refractivity contribution in [3.63, 3.8) is 0 Å². The van der Waals surface area contributed by atoms with Crippen molar-refractivity contribution < 1.29 is 18.7 Å². The van der Waals surface area contributed by atoms with Crippen LogP contribution in [0.3, 0.4) is 0 Å². The SMILES string of the molecule is CCc1cccc(NC(=O)NC[C@@H](O)c2ccc(F)c(F)c2)c1. The first-order valence-corrected chi connectivity index (χ1v) is 7.26. The lowest BCUT2D eigenvalue weighted by atomic mass is 10.1. The zero-order valence-corrected chi connectivity index (χ0v) is 12.6. The molecule has 2 amide bonds. The summed E-state index contributed by atoms with van der Waals surface area (Å²) in [6.07, 6.45) is -0.274. The third-order valence-electron chi connectivity index (χ3n) is 3.38. The number of halogens is 2. The summed E-state index contributed by atoms with van der Waals surface area (Å²) in [5.74, 6) is -2.02. The van der Waals surface area contributed by atoms with E-state index in [4.69, 9.17) is 0 Å². The summed E-state index contributed by atoms with van der Waals surface area (Å²) in [6, 6.07) is 10.0. The molecule has 0 aliphatic heterocycles. The molecule has 4 nitrogen and oxygen atoms in total. The van der Waals surface area contributed by atoms with Gasteiger partial charge >= 0.3 is 6.03 Å². The molecule has 3 N–H and O–H groups in total. The Balaban J connectivity index is 1.89. The van der Waals surface area contributed by atoms with Crippen molar-refractivity contribution >= 4 is 11.7 Å². The summed E-state index contributed by atoms with van der Waals surface area (Å²) in [5, 5.41) is 15.0. The lowest BCUT2D eigenvalue weighted by Crippen LogP contribution is -2.32. The van der Waals surface area contributed by atoms with Crippen molar-refractivity contribution in [3.05, 3.63) is 65.2 Å². The molecule has 0 saturated carbocycles. The van der Waals surface area contributed by atoms with Crippen molar-refractivity contribution in [1.82, 2.24) is 5.32 Å². The van der Waals surface area contributed by atoms with Gasteiger partial charge in [-0.15, -0.1) is 0 Å². The van der Waals surface area contributed by atoms with Gasteiger partial charge in [-0.2, -0.15) is 0 Å². The second-order valence-electron chi connectivity index (χ2n) is 5.08. The fraction of sp³-hybridized carbons (Fsp3) is 0.235. The summed E-state index contributed by atoms with van der Waals surface area (Å²) in [4.78, 5) is 11.8.